The Hall–Kier alpha value is 1.63. The normalized spacial score (nSPS) is 12.4. The molecule has 0 saturated heterocycles. The van der Waals surface area contributed by atoms with Gasteiger partial charge in [0.25, 0.3) is 0 Å². The third-order valence-corrected chi connectivity index (χ3v) is 4.89. The Labute approximate surface area is 109 Å². The van der Waals surface area contributed by atoms with Gasteiger partial charge in [0.05, 0.1) is 2.49 Å². The molecule has 0 amide bonds. The second kappa shape index (κ2) is 7.07. The first-order chi connectivity index (χ1) is 5.07. The number of halogens is 4. The summed E-state index contributed by atoms with van der Waals surface area (Å²) >= 11 is 10.5. The Morgan fingerprint density at radius 1 is 1.45 bits per heavy atom. The average Bonchev–Trinajstić information content (AvgIpc) is 1.99. The molecular weight excluding hydrogens is 506 g/mol. The molecule has 0 aromatic heterocycles. The van der Waals surface area contributed by atoms with Crippen molar-refractivity contribution in [1.29, 1.82) is 0 Å². The molecule has 0 heterocycles. The molecule has 0 N–H and O–H groups in total. The summed E-state index contributed by atoms with van der Waals surface area (Å²) < 4.78 is 6.78. The highest BCUT2D eigenvalue weighted by molar-refractivity contribution is 14.1. The third-order valence-electron chi connectivity index (χ3n) is 0.674. The summed E-state index contributed by atoms with van der Waals surface area (Å²) in [6.07, 6.45) is 0. The molecule has 6 heteroatoms. The zero-order valence-corrected chi connectivity index (χ0v) is 12.7. The fourth-order valence-electron chi connectivity index (χ4n) is 0.237. The number of alkyl halides is 1. The molecule has 64 valence electrons. The summed E-state index contributed by atoms with van der Waals surface area (Å²) in [7, 11) is 0. The Kier molecular flexibility index (Phi) is 8.12. The van der Waals surface area contributed by atoms with Crippen LogP contribution < -0.4 is 0 Å². The van der Waals surface area contributed by atoms with E-state index in [1.165, 1.54) is 0 Å². The Morgan fingerprint density at radius 3 is 2.36 bits per heavy atom. The number of carbonyl (C=O) groups excluding carboxylic acids is 1. The minimum atomic E-state index is -0.246. The van der Waals surface area contributed by atoms with Gasteiger partial charge in [-0.1, -0.05) is 15.9 Å². The molecule has 0 radical (unpaired) electrons. The summed E-state index contributed by atoms with van der Waals surface area (Å²) in [6.45, 7) is 0.342. The Balaban J connectivity index is 3.72. The Bertz CT molecular complexity index is 177. The van der Waals surface area contributed by atoms with Gasteiger partial charge in [0.2, 0.25) is 0 Å². The number of hydrogen-bond donors (Lipinski definition) is 0. The van der Waals surface area contributed by atoms with Gasteiger partial charge in [-0.3, -0.25) is 4.79 Å². The van der Waals surface area contributed by atoms with E-state index in [4.69, 9.17) is 4.74 Å². The monoisotopic (exact) mass is 508 g/mol. The van der Waals surface area contributed by atoms with Crippen molar-refractivity contribution in [3.63, 3.8) is 0 Å². The highest BCUT2D eigenvalue weighted by Gasteiger charge is 2.02. The van der Waals surface area contributed by atoms with E-state index in [1.54, 1.807) is 0 Å². The molecule has 0 aliphatic rings. The molecule has 0 spiro atoms. The van der Waals surface area contributed by atoms with Crippen LogP contribution in [-0.4, -0.2) is 17.9 Å². The minimum absolute atomic E-state index is 0.246. The van der Waals surface area contributed by atoms with Crippen molar-refractivity contribution in [1.82, 2.24) is 0 Å². The third kappa shape index (κ3) is 6.76. The lowest BCUT2D eigenvalue weighted by Gasteiger charge is -2.00. The topological polar surface area (TPSA) is 26.3 Å². The van der Waals surface area contributed by atoms with Gasteiger partial charge in [0.15, 0.2) is 0 Å². The molecule has 11 heavy (non-hydrogen) atoms. The molecule has 0 bridgehead atoms. The maximum absolute atomic E-state index is 10.6. The number of carbonyl (C=O) groups is 1. The van der Waals surface area contributed by atoms with Crippen LogP contribution in [0.3, 0.4) is 0 Å². The maximum atomic E-state index is 10.6. The van der Waals surface area contributed by atoms with Gasteiger partial charge in [-0.05, 0) is 61.1 Å². The van der Waals surface area contributed by atoms with Crippen LogP contribution in [0.15, 0.2) is 6.07 Å². The van der Waals surface area contributed by atoms with E-state index < -0.39 is 0 Å². The first-order valence-corrected chi connectivity index (χ1v) is 6.56. The standard InChI is InChI=1S/C5H4Br2I2O2/c6-1-4(10)11-2-3(8)5(7)9/h1-2H2. The van der Waals surface area contributed by atoms with Crippen molar-refractivity contribution in [3.05, 3.63) is 6.07 Å². The average molecular weight is 510 g/mol. The summed E-state index contributed by atoms with van der Waals surface area (Å²) in [5.41, 5.74) is 0. The van der Waals surface area contributed by atoms with E-state index in [9.17, 15) is 4.79 Å². The van der Waals surface area contributed by atoms with Crippen LogP contribution >= 0.6 is 77.0 Å². The molecule has 0 aliphatic heterocycles. The van der Waals surface area contributed by atoms with Gasteiger partial charge in [0, 0.05) is 3.58 Å². The lowest BCUT2D eigenvalue weighted by Crippen LogP contribution is -2.06. The van der Waals surface area contributed by atoms with Crippen LogP contribution in [0.1, 0.15) is 0 Å². The second-order valence-corrected chi connectivity index (χ2v) is 6.68. The zero-order valence-electron chi connectivity index (χ0n) is 5.24. The number of hydrogen-bond acceptors (Lipinski definition) is 2. The number of rotatable bonds is 3. The van der Waals surface area contributed by atoms with E-state index in [0.717, 1.165) is 6.07 Å². The molecule has 0 saturated carbocycles. The van der Waals surface area contributed by atoms with E-state index in [1.807, 2.05) is 0 Å². The van der Waals surface area contributed by atoms with Crippen molar-refractivity contribution in [2.75, 3.05) is 11.9 Å². The van der Waals surface area contributed by atoms with E-state index in [2.05, 4.69) is 77.0 Å². The smallest absolute Gasteiger partial charge is 0.316 e. The molecule has 0 aliphatic carbocycles. The summed E-state index contributed by atoms with van der Waals surface area (Å²) in [6, 6.07) is 0. The Morgan fingerprint density at radius 2 is 2.00 bits per heavy atom. The first-order valence-electron chi connectivity index (χ1n) is 2.49. The molecule has 2 nitrogen and oxygen atoms in total. The van der Waals surface area contributed by atoms with Crippen molar-refractivity contribution in [3.8, 4) is 0 Å². The van der Waals surface area contributed by atoms with Crippen LogP contribution in [0.2, 0.25) is 0 Å². The summed E-state index contributed by atoms with van der Waals surface area (Å²) in [5, 5.41) is 0.246. The van der Waals surface area contributed by atoms with E-state index >= 15 is 0 Å². The molecule has 0 fully saturated rings. The van der Waals surface area contributed by atoms with Crippen LogP contribution in [-0.2, 0) is 9.53 Å². The van der Waals surface area contributed by atoms with Crippen LogP contribution in [0.5, 0.6) is 0 Å². The van der Waals surface area contributed by atoms with Gasteiger partial charge < -0.3 is 4.74 Å². The molecule has 0 aromatic rings. The SMILES string of the molecule is O=C(CBr)OCC(I)=C(Br)I. The predicted molar refractivity (Wildman–Crippen MR) is 68.7 cm³/mol. The molecule has 0 rings (SSSR count). The van der Waals surface area contributed by atoms with Crippen molar-refractivity contribution in [2.45, 2.75) is 0 Å². The highest BCUT2D eigenvalue weighted by Crippen LogP contribution is 2.24. The van der Waals surface area contributed by atoms with Gasteiger partial charge in [0.1, 0.15) is 11.9 Å². The lowest BCUT2D eigenvalue weighted by atomic mass is 10.7. The van der Waals surface area contributed by atoms with E-state index in [0.29, 0.717) is 6.61 Å². The van der Waals surface area contributed by atoms with Crippen LogP contribution in [0.25, 0.3) is 0 Å². The van der Waals surface area contributed by atoms with Crippen LogP contribution in [0.4, 0.5) is 0 Å². The zero-order chi connectivity index (χ0) is 8.85. The molecule has 0 aromatic carbocycles. The first kappa shape index (κ1) is 12.6. The maximum Gasteiger partial charge on any atom is 0.316 e. The molecule has 0 atom stereocenters. The van der Waals surface area contributed by atoms with Gasteiger partial charge in [-0.15, -0.1) is 0 Å². The molecular formula is C5H4Br2I2O2. The van der Waals surface area contributed by atoms with Crippen molar-refractivity contribution < 1.29 is 9.53 Å². The molecule has 0 unspecified atom stereocenters. The number of ether oxygens (including phenoxy) is 1. The fourth-order valence-corrected chi connectivity index (χ4v) is 0.825. The lowest BCUT2D eigenvalue weighted by molar-refractivity contribution is -0.139. The second-order valence-electron chi connectivity index (χ2n) is 1.46. The van der Waals surface area contributed by atoms with E-state index in [-0.39, 0.29) is 11.3 Å². The summed E-state index contributed by atoms with van der Waals surface area (Å²) in [4.78, 5) is 10.6. The van der Waals surface area contributed by atoms with Gasteiger partial charge in [-0.25, -0.2) is 0 Å². The summed E-state index contributed by atoms with van der Waals surface area (Å²) in [5.74, 6) is -0.246. The van der Waals surface area contributed by atoms with Gasteiger partial charge >= 0.3 is 5.97 Å². The van der Waals surface area contributed by atoms with Gasteiger partial charge in [-0.2, -0.15) is 0 Å². The minimum Gasteiger partial charge on any atom is -0.460 e. The van der Waals surface area contributed by atoms with Crippen molar-refractivity contribution >= 4 is 83.0 Å². The largest absolute Gasteiger partial charge is 0.460 e. The fraction of sp³-hybridized carbons (Fsp3) is 0.400. The highest BCUT2D eigenvalue weighted by atomic mass is 127. The van der Waals surface area contributed by atoms with Crippen LogP contribution in [0, 0.1) is 0 Å². The number of esters is 1. The predicted octanol–water partition coefficient (Wildman–Crippen LogP) is 3.36. The quantitative estimate of drug-likeness (QED) is 0.331. The van der Waals surface area contributed by atoms with Crippen molar-refractivity contribution in [2.24, 2.45) is 0 Å².